The summed E-state index contributed by atoms with van der Waals surface area (Å²) >= 11 is 1.29. The summed E-state index contributed by atoms with van der Waals surface area (Å²) < 4.78 is 35.0. The number of fused-ring (bicyclic) bond motifs is 1. The van der Waals surface area contributed by atoms with Crippen LogP contribution in [0, 0.1) is 5.82 Å². The molecule has 4 heterocycles. The lowest BCUT2D eigenvalue weighted by atomic mass is 10.2. The highest BCUT2D eigenvalue weighted by Gasteiger charge is 2.24. The SMILES string of the molecule is CCOc1cccc(-c2nc3ncc(NSCc4ncc(F)cn4)nc3n2-c2c(OC)cccc2OC)n1. The Bertz CT molecular complexity index is 1540. The number of benzene rings is 1. The van der Waals surface area contributed by atoms with Crippen molar-refractivity contribution in [3.05, 3.63) is 66.6 Å². The van der Waals surface area contributed by atoms with E-state index in [0.717, 1.165) is 12.4 Å². The van der Waals surface area contributed by atoms with Gasteiger partial charge in [0.05, 0.1) is 45.2 Å². The van der Waals surface area contributed by atoms with Gasteiger partial charge in [0.25, 0.3) is 0 Å². The molecule has 1 N–H and O–H groups in total. The van der Waals surface area contributed by atoms with Crippen molar-refractivity contribution in [1.29, 1.82) is 0 Å². The monoisotopic (exact) mass is 534 g/mol. The van der Waals surface area contributed by atoms with Gasteiger partial charge < -0.3 is 18.9 Å². The van der Waals surface area contributed by atoms with Crippen molar-refractivity contribution in [2.24, 2.45) is 0 Å². The Kier molecular flexibility index (Phi) is 7.45. The third kappa shape index (κ3) is 5.13. The van der Waals surface area contributed by atoms with Crippen LogP contribution < -0.4 is 18.9 Å². The number of hydrogen-bond donors (Lipinski definition) is 1. The van der Waals surface area contributed by atoms with Crippen molar-refractivity contribution in [1.82, 2.24) is 34.5 Å². The third-order valence-corrected chi connectivity index (χ3v) is 6.05. The van der Waals surface area contributed by atoms with Crippen molar-refractivity contribution in [3.8, 4) is 34.6 Å². The van der Waals surface area contributed by atoms with Gasteiger partial charge in [-0.2, -0.15) is 0 Å². The van der Waals surface area contributed by atoms with E-state index < -0.39 is 5.82 Å². The van der Waals surface area contributed by atoms with Crippen LogP contribution in [0.2, 0.25) is 0 Å². The molecule has 0 saturated heterocycles. The van der Waals surface area contributed by atoms with E-state index in [0.29, 0.717) is 69.9 Å². The van der Waals surface area contributed by atoms with Gasteiger partial charge in [-0.25, -0.2) is 34.3 Å². The first-order valence-electron chi connectivity index (χ1n) is 11.5. The minimum absolute atomic E-state index is 0.388. The largest absolute Gasteiger partial charge is 0.494 e. The third-order valence-electron chi connectivity index (χ3n) is 5.29. The van der Waals surface area contributed by atoms with Crippen LogP contribution in [0.25, 0.3) is 28.5 Å². The highest BCUT2D eigenvalue weighted by Crippen LogP contribution is 2.38. The maximum Gasteiger partial charge on any atom is 0.213 e. The number of imidazole rings is 1. The number of nitrogens with one attached hydrogen (secondary N) is 1. The predicted molar refractivity (Wildman–Crippen MR) is 141 cm³/mol. The van der Waals surface area contributed by atoms with Gasteiger partial charge in [-0.3, -0.25) is 4.57 Å². The topological polar surface area (TPSA) is 122 Å². The molecule has 194 valence electrons. The Morgan fingerprint density at radius 1 is 0.921 bits per heavy atom. The van der Waals surface area contributed by atoms with Crippen molar-refractivity contribution in [2.75, 3.05) is 25.5 Å². The van der Waals surface area contributed by atoms with Crippen molar-refractivity contribution in [2.45, 2.75) is 12.7 Å². The van der Waals surface area contributed by atoms with E-state index in [9.17, 15) is 4.39 Å². The van der Waals surface area contributed by atoms with Crippen molar-refractivity contribution in [3.63, 3.8) is 0 Å². The molecule has 5 rings (SSSR count). The summed E-state index contributed by atoms with van der Waals surface area (Å²) in [6, 6.07) is 10.9. The van der Waals surface area contributed by atoms with Crippen LogP contribution in [0.4, 0.5) is 10.2 Å². The molecule has 0 amide bonds. The molecule has 38 heavy (non-hydrogen) atoms. The smallest absolute Gasteiger partial charge is 0.213 e. The first kappa shape index (κ1) is 25.1. The average Bonchev–Trinajstić information content (AvgIpc) is 3.32. The van der Waals surface area contributed by atoms with Gasteiger partial charge in [0.1, 0.15) is 28.7 Å². The molecule has 11 nitrogen and oxygen atoms in total. The minimum Gasteiger partial charge on any atom is -0.494 e. The van der Waals surface area contributed by atoms with Crippen LogP contribution in [-0.4, -0.2) is 55.3 Å². The molecule has 13 heteroatoms. The lowest BCUT2D eigenvalue weighted by molar-refractivity contribution is 0.327. The summed E-state index contributed by atoms with van der Waals surface area (Å²) in [5.74, 6) is 2.90. The summed E-state index contributed by atoms with van der Waals surface area (Å²) in [5.41, 5.74) is 2.00. The molecule has 0 aliphatic rings. The fraction of sp³-hybridized carbons (Fsp3) is 0.200. The summed E-state index contributed by atoms with van der Waals surface area (Å²) in [6.07, 6.45) is 3.83. The van der Waals surface area contributed by atoms with E-state index in [2.05, 4.69) is 24.7 Å². The fourth-order valence-electron chi connectivity index (χ4n) is 3.69. The van der Waals surface area contributed by atoms with Gasteiger partial charge in [-0.15, -0.1) is 0 Å². The Hall–Kier alpha value is -4.52. The van der Waals surface area contributed by atoms with Crippen molar-refractivity contribution >= 4 is 29.1 Å². The Morgan fingerprint density at radius 3 is 2.37 bits per heavy atom. The van der Waals surface area contributed by atoms with Crippen LogP contribution in [0.15, 0.2) is 55.0 Å². The predicted octanol–water partition coefficient (Wildman–Crippen LogP) is 4.48. The van der Waals surface area contributed by atoms with Crippen LogP contribution in [0.5, 0.6) is 17.4 Å². The zero-order valence-corrected chi connectivity index (χ0v) is 21.6. The van der Waals surface area contributed by atoms with Crippen LogP contribution in [0.1, 0.15) is 12.7 Å². The number of ether oxygens (including phenoxy) is 3. The first-order valence-corrected chi connectivity index (χ1v) is 12.5. The number of methoxy groups -OCH3 is 2. The number of pyridine rings is 1. The zero-order chi connectivity index (χ0) is 26.5. The summed E-state index contributed by atoms with van der Waals surface area (Å²) in [6.45, 7) is 2.37. The number of anilines is 1. The molecule has 1 aromatic carbocycles. The number of hydrogen-bond acceptors (Lipinski definition) is 11. The van der Waals surface area contributed by atoms with Crippen LogP contribution in [-0.2, 0) is 5.75 Å². The second-order valence-electron chi connectivity index (χ2n) is 7.69. The number of para-hydroxylation sites is 1. The number of halogens is 1. The Labute approximate surface area is 221 Å². The molecular weight excluding hydrogens is 511 g/mol. The summed E-state index contributed by atoms with van der Waals surface area (Å²) in [4.78, 5) is 26.6. The zero-order valence-electron chi connectivity index (χ0n) is 20.8. The minimum atomic E-state index is -0.486. The van der Waals surface area contributed by atoms with Gasteiger partial charge in [-0.1, -0.05) is 12.1 Å². The molecule has 0 bridgehead atoms. The normalized spacial score (nSPS) is 10.9. The molecule has 4 aromatic heterocycles. The van der Waals surface area contributed by atoms with Gasteiger partial charge in [-0.05, 0) is 37.1 Å². The first-order chi connectivity index (χ1) is 18.6. The quantitative estimate of drug-likeness (QED) is 0.255. The van der Waals surface area contributed by atoms with Gasteiger partial charge in [0.15, 0.2) is 28.8 Å². The van der Waals surface area contributed by atoms with Crippen molar-refractivity contribution < 1.29 is 18.6 Å². The fourth-order valence-corrected chi connectivity index (χ4v) is 4.29. The molecule has 0 aliphatic carbocycles. The molecular formula is C25H23FN8O3S. The molecule has 0 unspecified atom stereocenters. The highest BCUT2D eigenvalue weighted by atomic mass is 32.2. The lowest BCUT2D eigenvalue weighted by Gasteiger charge is -2.16. The standard InChI is InChI=1S/C25H23FN8O3S/c1-4-37-21-10-5-7-16(30-21)24-32-23-25(34(24)22-17(35-2)8-6-9-18(22)36-3)31-19(13-29-23)33-38-14-20-27-11-15(26)12-28-20/h5-13H,4,14H2,1-3H3,(H,31,33). The van der Waals surface area contributed by atoms with Crippen LogP contribution in [0.3, 0.4) is 0 Å². The van der Waals surface area contributed by atoms with E-state index in [4.69, 9.17) is 24.2 Å². The maximum atomic E-state index is 13.1. The van der Waals surface area contributed by atoms with E-state index >= 15 is 0 Å². The maximum absolute atomic E-state index is 13.1. The van der Waals surface area contributed by atoms with Crippen LogP contribution >= 0.6 is 11.9 Å². The van der Waals surface area contributed by atoms with E-state index in [1.165, 1.54) is 11.9 Å². The molecule has 0 radical (unpaired) electrons. The lowest BCUT2D eigenvalue weighted by Crippen LogP contribution is -2.06. The van der Waals surface area contributed by atoms with E-state index in [-0.39, 0.29) is 0 Å². The van der Waals surface area contributed by atoms with E-state index in [1.54, 1.807) is 31.0 Å². The second kappa shape index (κ2) is 11.3. The van der Waals surface area contributed by atoms with Gasteiger partial charge in [0.2, 0.25) is 5.88 Å². The Morgan fingerprint density at radius 2 is 1.66 bits per heavy atom. The number of aromatic nitrogens is 7. The summed E-state index contributed by atoms with van der Waals surface area (Å²) in [5, 5.41) is 0. The number of nitrogens with zero attached hydrogens (tertiary/aromatic N) is 7. The van der Waals surface area contributed by atoms with Gasteiger partial charge >= 0.3 is 0 Å². The molecule has 0 atom stereocenters. The second-order valence-corrected chi connectivity index (χ2v) is 8.47. The van der Waals surface area contributed by atoms with E-state index in [1.807, 2.05) is 37.3 Å². The number of rotatable bonds is 10. The van der Waals surface area contributed by atoms with Gasteiger partial charge in [0, 0.05) is 6.07 Å². The molecule has 0 saturated carbocycles. The Balaban J connectivity index is 1.61. The average molecular weight is 535 g/mol. The highest BCUT2D eigenvalue weighted by molar-refractivity contribution is 7.99. The summed E-state index contributed by atoms with van der Waals surface area (Å²) in [7, 11) is 3.16. The molecule has 0 fully saturated rings. The molecule has 0 spiro atoms. The molecule has 5 aromatic rings. The molecule has 0 aliphatic heterocycles.